The van der Waals surface area contributed by atoms with Crippen molar-refractivity contribution >= 4 is 17.7 Å². The van der Waals surface area contributed by atoms with E-state index < -0.39 is 6.09 Å². The van der Waals surface area contributed by atoms with Crippen LogP contribution in [0.1, 0.15) is 44.9 Å². The molecule has 6 heteroatoms. The minimum Gasteiger partial charge on any atom is -0.449 e. The van der Waals surface area contributed by atoms with Gasteiger partial charge in [-0.05, 0) is 12.3 Å². The van der Waals surface area contributed by atoms with E-state index in [2.05, 4.69) is 9.84 Å². The number of hydrogen-bond acceptors (Lipinski definition) is 4. The van der Waals surface area contributed by atoms with E-state index in [-0.39, 0.29) is 12.5 Å². The van der Waals surface area contributed by atoms with Crippen molar-refractivity contribution in [2.75, 3.05) is 13.2 Å². The molecule has 0 saturated heterocycles. The van der Waals surface area contributed by atoms with E-state index in [1.165, 1.54) is 25.7 Å². The molecular weight excluding hydrogens is 246 g/mol. The lowest BCUT2D eigenvalue weighted by atomic mass is 10.0. The molecule has 19 heavy (non-hydrogen) atoms. The molecular formula is C13H21N3O3. The number of rotatable bonds is 6. The zero-order valence-electron chi connectivity index (χ0n) is 11.1. The summed E-state index contributed by atoms with van der Waals surface area (Å²) in [4.78, 5) is 22.2. The van der Waals surface area contributed by atoms with Crippen LogP contribution in [0.15, 0.2) is 5.10 Å². The normalized spacial score (nSPS) is 19.9. The fraction of sp³-hybridized carbons (Fsp3) is 0.769. The number of ether oxygens (including phenoxy) is 1. The van der Waals surface area contributed by atoms with Crippen LogP contribution in [0.5, 0.6) is 0 Å². The number of carbonyl (C=O) groups excluding carboxylic acids is 2. The molecule has 2 N–H and O–H groups in total. The van der Waals surface area contributed by atoms with Gasteiger partial charge in [0.25, 0.3) is 0 Å². The van der Waals surface area contributed by atoms with Gasteiger partial charge in [0.1, 0.15) is 0 Å². The summed E-state index contributed by atoms with van der Waals surface area (Å²) in [5.41, 5.74) is 5.65. The zero-order chi connectivity index (χ0) is 13.7. The lowest BCUT2D eigenvalue weighted by Gasteiger charge is -2.14. The largest absolute Gasteiger partial charge is 0.449 e. The van der Waals surface area contributed by atoms with Crippen LogP contribution < -0.4 is 5.73 Å². The Hall–Kier alpha value is -1.59. The Morgan fingerprint density at radius 3 is 2.84 bits per heavy atom. The Bertz CT molecular complexity index is 375. The minimum atomic E-state index is -0.789. The van der Waals surface area contributed by atoms with Gasteiger partial charge in [-0.15, -0.1) is 0 Å². The van der Waals surface area contributed by atoms with Crippen molar-refractivity contribution in [2.24, 2.45) is 16.8 Å². The fourth-order valence-corrected chi connectivity index (χ4v) is 2.71. The smallest absolute Gasteiger partial charge is 0.404 e. The number of hydrogen-bond donors (Lipinski definition) is 1. The summed E-state index contributed by atoms with van der Waals surface area (Å²) in [7, 11) is 0. The first-order chi connectivity index (χ1) is 9.15. The molecule has 1 aliphatic heterocycles. The molecule has 1 heterocycles. The lowest BCUT2D eigenvalue weighted by molar-refractivity contribution is -0.128. The van der Waals surface area contributed by atoms with Gasteiger partial charge in [-0.2, -0.15) is 5.10 Å². The summed E-state index contributed by atoms with van der Waals surface area (Å²) < 4.78 is 4.64. The molecule has 1 saturated carbocycles. The van der Waals surface area contributed by atoms with Crippen molar-refractivity contribution in [3.05, 3.63) is 0 Å². The van der Waals surface area contributed by atoms with Gasteiger partial charge in [-0.1, -0.05) is 25.7 Å². The zero-order valence-corrected chi connectivity index (χ0v) is 11.1. The average molecular weight is 267 g/mol. The Labute approximate surface area is 113 Å². The van der Waals surface area contributed by atoms with Crippen LogP contribution in [0, 0.1) is 5.92 Å². The van der Waals surface area contributed by atoms with E-state index in [1.807, 2.05) is 0 Å². The summed E-state index contributed by atoms with van der Waals surface area (Å²) in [6.07, 6.45) is 6.27. The lowest BCUT2D eigenvalue weighted by Crippen LogP contribution is -2.23. The van der Waals surface area contributed by atoms with Crippen LogP contribution in [-0.4, -0.2) is 35.9 Å². The molecule has 0 aromatic heterocycles. The molecule has 0 bridgehead atoms. The predicted octanol–water partition coefficient (Wildman–Crippen LogP) is 1.64. The molecule has 2 amide bonds. The minimum absolute atomic E-state index is 0.0482. The van der Waals surface area contributed by atoms with Gasteiger partial charge in [-0.3, -0.25) is 4.79 Å². The van der Waals surface area contributed by atoms with Crippen LogP contribution in [0.2, 0.25) is 0 Å². The molecule has 0 spiro atoms. The first-order valence-electron chi connectivity index (χ1n) is 6.94. The van der Waals surface area contributed by atoms with Crippen molar-refractivity contribution < 1.29 is 14.3 Å². The summed E-state index contributed by atoms with van der Waals surface area (Å²) in [5, 5.41) is 5.86. The van der Waals surface area contributed by atoms with Crippen molar-refractivity contribution in [3.8, 4) is 0 Å². The first kappa shape index (κ1) is 13.8. The molecule has 2 rings (SSSR count). The molecule has 6 nitrogen and oxygen atoms in total. The van der Waals surface area contributed by atoms with Crippen LogP contribution in [0.4, 0.5) is 4.79 Å². The Kier molecular flexibility index (Phi) is 4.76. The van der Waals surface area contributed by atoms with Crippen LogP contribution in [-0.2, 0) is 9.53 Å². The summed E-state index contributed by atoms with van der Waals surface area (Å²) >= 11 is 0. The topological polar surface area (TPSA) is 85.0 Å². The third kappa shape index (κ3) is 4.22. The highest BCUT2D eigenvalue weighted by Crippen LogP contribution is 2.28. The van der Waals surface area contributed by atoms with Gasteiger partial charge >= 0.3 is 6.09 Å². The number of hydrazone groups is 1. The second-order valence-electron chi connectivity index (χ2n) is 5.22. The van der Waals surface area contributed by atoms with Gasteiger partial charge in [0.05, 0.1) is 18.7 Å². The maximum Gasteiger partial charge on any atom is 0.404 e. The van der Waals surface area contributed by atoms with Gasteiger partial charge in [0.2, 0.25) is 5.91 Å². The summed E-state index contributed by atoms with van der Waals surface area (Å²) in [6, 6.07) is 0. The number of nitrogens with zero attached hydrogens (tertiary/aromatic N) is 2. The predicted molar refractivity (Wildman–Crippen MR) is 70.5 cm³/mol. The summed E-state index contributed by atoms with van der Waals surface area (Å²) in [5.74, 6) is 0.803. The highest BCUT2D eigenvalue weighted by Gasteiger charge is 2.25. The van der Waals surface area contributed by atoms with Crippen molar-refractivity contribution in [1.82, 2.24) is 5.01 Å². The van der Waals surface area contributed by atoms with Gasteiger partial charge in [-0.25, -0.2) is 9.80 Å². The Morgan fingerprint density at radius 2 is 2.16 bits per heavy atom. The maximum atomic E-state index is 11.8. The van der Waals surface area contributed by atoms with Crippen LogP contribution >= 0.6 is 0 Å². The molecule has 1 aliphatic carbocycles. The molecule has 0 aromatic carbocycles. The quantitative estimate of drug-likeness (QED) is 0.793. The number of primary amides is 1. The van der Waals surface area contributed by atoms with E-state index in [9.17, 15) is 9.59 Å². The SMILES string of the molecule is NC(=O)OCCC1=NN(CCC2CCCC2)C(=O)C1. The Morgan fingerprint density at radius 1 is 1.42 bits per heavy atom. The molecule has 2 aliphatic rings. The molecule has 1 fully saturated rings. The van der Waals surface area contributed by atoms with E-state index in [0.717, 1.165) is 18.1 Å². The van der Waals surface area contributed by atoms with Crippen molar-refractivity contribution in [3.63, 3.8) is 0 Å². The maximum absolute atomic E-state index is 11.8. The molecule has 0 aromatic rings. The third-order valence-electron chi connectivity index (χ3n) is 3.76. The van der Waals surface area contributed by atoms with E-state index in [1.54, 1.807) is 5.01 Å². The Balaban J connectivity index is 1.72. The monoisotopic (exact) mass is 267 g/mol. The number of nitrogens with two attached hydrogens (primary N) is 1. The molecule has 0 radical (unpaired) electrons. The van der Waals surface area contributed by atoms with E-state index in [4.69, 9.17) is 5.73 Å². The second-order valence-corrected chi connectivity index (χ2v) is 5.22. The van der Waals surface area contributed by atoms with E-state index >= 15 is 0 Å². The first-order valence-corrected chi connectivity index (χ1v) is 6.94. The van der Waals surface area contributed by atoms with Crippen molar-refractivity contribution in [2.45, 2.75) is 44.9 Å². The second kappa shape index (κ2) is 6.54. The number of amides is 2. The van der Waals surface area contributed by atoms with Crippen LogP contribution in [0.25, 0.3) is 0 Å². The molecule has 0 unspecified atom stereocenters. The third-order valence-corrected chi connectivity index (χ3v) is 3.76. The average Bonchev–Trinajstić information content (AvgIpc) is 2.96. The highest BCUT2D eigenvalue weighted by atomic mass is 16.5. The van der Waals surface area contributed by atoms with E-state index in [0.29, 0.717) is 19.4 Å². The van der Waals surface area contributed by atoms with Crippen LogP contribution in [0.3, 0.4) is 0 Å². The standard InChI is InChI=1S/C13H21N3O3/c14-13(18)19-8-6-11-9-12(17)16(15-11)7-5-10-3-1-2-4-10/h10H,1-9H2,(H2,14,18). The summed E-state index contributed by atoms with van der Waals surface area (Å²) in [6.45, 7) is 0.904. The van der Waals surface area contributed by atoms with Gasteiger partial charge < -0.3 is 10.5 Å². The number of carbonyl (C=O) groups is 2. The molecule has 106 valence electrons. The van der Waals surface area contributed by atoms with Crippen molar-refractivity contribution in [1.29, 1.82) is 0 Å². The van der Waals surface area contributed by atoms with Gasteiger partial charge in [0, 0.05) is 13.0 Å². The van der Waals surface area contributed by atoms with Gasteiger partial charge in [0.15, 0.2) is 0 Å². The molecule has 0 atom stereocenters. The highest BCUT2D eigenvalue weighted by molar-refractivity contribution is 6.04. The fourth-order valence-electron chi connectivity index (χ4n) is 2.71.